The van der Waals surface area contributed by atoms with Crippen molar-refractivity contribution in [2.45, 2.75) is 18.9 Å². The monoisotopic (exact) mass is 284 g/mol. The Morgan fingerprint density at radius 2 is 2.42 bits per heavy atom. The number of hydrogen-bond donors (Lipinski definition) is 2. The van der Waals surface area contributed by atoms with Gasteiger partial charge in [0, 0.05) is 13.2 Å². The predicted molar refractivity (Wildman–Crippen MR) is 71.7 cm³/mol. The van der Waals surface area contributed by atoms with E-state index < -0.39 is 5.97 Å². The second kappa shape index (κ2) is 6.53. The molecule has 1 aliphatic rings. The van der Waals surface area contributed by atoms with Crippen LogP contribution < -0.4 is 10.6 Å². The molecule has 0 radical (unpaired) electrons. The molecule has 1 unspecified atom stereocenters. The van der Waals surface area contributed by atoms with Crippen LogP contribution in [0.15, 0.2) is 11.4 Å². The number of anilines is 1. The third-order valence-corrected chi connectivity index (χ3v) is 3.69. The van der Waals surface area contributed by atoms with Crippen LogP contribution >= 0.6 is 11.3 Å². The third kappa shape index (κ3) is 3.68. The van der Waals surface area contributed by atoms with Crippen LogP contribution in [0.5, 0.6) is 0 Å². The van der Waals surface area contributed by atoms with Gasteiger partial charge in [0.1, 0.15) is 4.88 Å². The van der Waals surface area contributed by atoms with Gasteiger partial charge in [0.25, 0.3) is 0 Å². The number of ether oxygens (including phenoxy) is 2. The number of rotatable bonds is 4. The molecule has 1 atom stereocenters. The molecule has 1 fully saturated rings. The van der Waals surface area contributed by atoms with Gasteiger partial charge in [-0.25, -0.2) is 9.59 Å². The molecule has 0 aromatic carbocycles. The van der Waals surface area contributed by atoms with Crippen LogP contribution in [-0.2, 0) is 9.47 Å². The summed E-state index contributed by atoms with van der Waals surface area (Å²) in [6.45, 7) is 1.23. The van der Waals surface area contributed by atoms with Gasteiger partial charge in [-0.05, 0) is 24.3 Å². The fourth-order valence-corrected chi connectivity index (χ4v) is 2.60. The summed E-state index contributed by atoms with van der Waals surface area (Å²) in [6.07, 6.45) is 2.09. The lowest BCUT2D eigenvalue weighted by Gasteiger charge is -2.11. The van der Waals surface area contributed by atoms with Crippen LogP contribution in [0.25, 0.3) is 0 Å². The smallest absolute Gasteiger partial charge is 0.350 e. The topological polar surface area (TPSA) is 76.7 Å². The summed E-state index contributed by atoms with van der Waals surface area (Å²) >= 11 is 1.23. The largest absolute Gasteiger partial charge is 0.465 e. The zero-order valence-corrected chi connectivity index (χ0v) is 11.4. The predicted octanol–water partition coefficient (Wildman–Crippen LogP) is 1.84. The quantitative estimate of drug-likeness (QED) is 0.827. The lowest BCUT2D eigenvalue weighted by Crippen LogP contribution is -2.35. The molecule has 0 saturated carbocycles. The Morgan fingerprint density at radius 3 is 3.11 bits per heavy atom. The highest BCUT2D eigenvalue weighted by atomic mass is 32.1. The highest BCUT2D eigenvalue weighted by Crippen LogP contribution is 2.22. The van der Waals surface area contributed by atoms with Crippen molar-refractivity contribution in [3.63, 3.8) is 0 Å². The van der Waals surface area contributed by atoms with E-state index in [0.29, 0.717) is 17.1 Å². The first-order chi connectivity index (χ1) is 9.20. The van der Waals surface area contributed by atoms with Crippen molar-refractivity contribution in [3.05, 3.63) is 16.3 Å². The van der Waals surface area contributed by atoms with Crippen LogP contribution in [0.3, 0.4) is 0 Å². The van der Waals surface area contributed by atoms with E-state index in [1.807, 2.05) is 0 Å². The van der Waals surface area contributed by atoms with Crippen LogP contribution in [0.1, 0.15) is 22.5 Å². The van der Waals surface area contributed by atoms with Crippen LogP contribution in [0.4, 0.5) is 10.5 Å². The molecule has 1 aliphatic heterocycles. The van der Waals surface area contributed by atoms with Crippen molar-refractivity contribution in [2.24, 2.45) is 0 Å². The molecule has 7 heteroatoms. The van der Waals surface area contributed by atoms with E-state index in [-0.39, 0.29) is 12.1 Å². The number of methoxy groups -OCH3 is 1. The first-order valence-electron chi connectivity index (χ1n) is 6.03. The molecule has 2 N–H and O–H groups in total. The first kappa shape index (κ1) is 13.8. The maximum Gasteiger partial charge on any atom is 0.350 e. The zero-order valence-electron chi connectivity index (χ0n) is 10.6. The molecule has 0 spiro atoms. The maximum atomic E-state index is 11.7. The van der Waals surface area contributed by atoms with Gasteiger partial charge in [0.15, 0.2) is 0 Å². The third-order valence-electron chi connectivity index (χ3n) is 2.80. The average Bonchev–Trinajstić information content (AvgIpc) is 3.06. The van der Waals surface area contributed by atoms with E-state index in [1.54, 1.807) is 11.4 Å². The number of amides is 2. The van der Waals surface area contributed by atoms with Crippen LogP contribution in [0, 0.1) is 0 Å². The fourth-order valence-electron chi connectivity index (χ4n) is 1.84. The summed E-state index contributed by atoms with van der Waals surface area (Å²) < 4.78 is 10.0. The molecule has 19 heavy (non-hydrogen) atoms. The second-order valence-corrected chi connectivity index (χ2v) is 5.04. The molecule has 2 amide bonds. The van der Waals surface area contributed by atoms with Crippen molar-refractivity contribution in [3.8, 4) is 0 Å². The van der Waals surface area contributed by atoms with Gasteiger partial charge in [-0.3, -0.25) is 0 Å². The number of nitrogens with one attached hydrogen (secondary N) is 2. The van der Waals surface area contributed by atoms with Gasteiger partial charge < -0.3 is 20.1 Å². The van der Waals surface area contributed by atoms with Crippen LogP contribution in [0.2, 0.25) is 0 Å². The molecule has 1 saturated heterocycles. The summed E-state index contributed by atoms with van der Waals surface area (Å²) in [4.78, 5) is 23.5. The fraction of sp³-hybridized carbons (Fsp3) is 0.500. The van der Waals surface area contributed by atoms with E-state index in [0.717, 1.165) is 19.4 Å². The van der Waals surface area contributed by atoms with Gasteiger partial charge in [0.2, 0.25) is 0 Å². The Morgan fingerprint density at radius 1 is 1.58 bits per heavy atom. The number of urea groups is 1. The Labute approximate surface area is 115 Å². The van der Waals surface area contributed by atoms with E-state index in [9.17, 15) is 9.59 Å². The lowest BCUT2D eigenvalue weighted by atomic mass is 10.2. The second-order valence-electron chi connectivity index (χ2n) is 4.13. The summed E-state index contributed by atoms with van der Waals surface area (Å²) in [5, 5.41) is 7.08. The van der Waals surface area contributed by atoms with Gasteiger partial charge in [-0.2, -0.15) is 0 Å². The summed E-state index contributed by atoms with van der Waals surface area (Å²) in [5.41, 5.74) is 0.460. The highest BCUT2D eigenvalue weighted by molar-refractivity contribution is 7.12. The highest BCUT2D eigenvalue weighted by Gasteiger charge is 2.18. The Kier molecular flexibility index (Phi) is 4.75. The molecule has 0 bridgehead atoms. The van der Waals surface area contributed by atoms with E-state index in [2.05, 4.69) is 15.4 Å². The minimum Gasteiger partial charge on any atom is -0.465 e. The van der Waals surface area contributed by atoms with Gasteiger partial charge in [-0.1, -0.05) is 0 Å². The van der Waals surface area contributed by atoms with Crippen molar-refractivity contribution in [1.82, 2.24) is 5.32 Å². The molecule has 1 aromatic heterocycles. The summed E-state index contributed by atoms with van der Waals surface area (Å²) in [6, 6.07) is 1.32. The Balaban J connectivity index is 1.84. The molecular formula is C12H16N2O4S. The molecule has 1 aromatic rings. The van der Waals surface area contributed by atoms with Gasteiger partial charge in [0.05, 0.1) is 18.9 Å². The molecule has 2 rings (SSSR count). The first-order valence-corrected chi connectivity index (χ1v) is 6.91. The summed E-state index contributed by atoms with van der Waals surface area (Å²) in [7, 11) is 1.31. The molecule has 104 valence electrons. The maximum absolute atomic E-state index is 11.7. The lowest BCUT2D eigenvalue weighted by molar-refractivity contribution is 0.0607. The van der Waals surface area contributed by atoms with E-state index >= 15 is 0 Å². The van der Waals surface area contributed by atoms with Crippen LogP contribution in [-0.4, -0.2) is 38.4 Å². The molecule has 0 aliphatic carbocycles. The Hall–Kier alpha value is -1.60. The molecule has 2 heterocycles. The van der Waals surface area contributed by atoms with Crippen molar-refractivity contribution < 1.29 is 19.1 Å². The number of thiophene rings is 1. The normalized spacial score (nSPS) is 18.1. The molecule has 6 nitrogen and oxygen atoms in total. The number of hydrogen-bond acceptors (Lipinski definition) is 5. The summed E-state index contributed by atoms with van der Waals surface area (Å²) in [5.74, 6) is -0.454. The zero-order chi connectivity index (χ0) is 13.7. The minimum absolute atomic E-state index is 0.0910. The SMILES string of the molecule is COC(=O)c1sccc1NC(=O)NCC1CCCO1. The van der Waals surface area contributed by atoms with Crippen molar-refractivity contribution in [1.29, 1.82) is 0 Å². The standard InChI is InChI=1S/C12H16N2O4S/c1-17-11(15)10-9(4-6-19-10)14-12(16)13-7-8-3-2-5-18-8/h4,6,8H,2-3,5,7H2,1H3,(H2,13,14,16). The minimum atomic E-state index is -0.454. The van der Waals surface area contributed by atoms with E-state index in [4.69, 9.17) is 4.74 Å². The van der Waals surface area contributed by atoms with E-state index in [1.165, 1.54) is 18.4 Å². The van der Waals surface area contributed by atoms with Crippen molar-refractivity contribution >= 4 is 29.0 Å². The Bertz CT molecular complexity index is 454. The average molecular weight is 284 g/mol. The number of carbonyl (C=O) groups excluding carboxylic acids is 2. The van der Waals surface area contributed by atoms with Gasteiger partial charge >= 0.3 is 12.0 Å². The molecular weight excluding hydrogens is 268 g/mol. The number of esters is 1. The van der Waals surface area contributed by atoms with Crippen molar-refractivity contribution in [2.75, 3.05) is 25.6 Å². The van der Waals surface area contributed by atoms with Gasteiger partial charge in [-0.15, -0.1) is 11.3 Å². The number of carbonyl (C=O) groups is 2.